The van der Waals surface area contributed by atoms with Crippen molar-refractivity contribution in [2.75, 3.05) is 0 Å². The number of allylic oxidation sites excluding steroid dienone is 7. The van der Waals surface area contributed by atoms with Crippen molar-refractivity contribution in [3.8, 4) is 0 Å². The lowest BCUT2D eigenvalue weighted by atomic mass is 9.99. The third kappa shape index (κ3) is 5.95. The second-order valence-electron chi connectivity index (χ2n) is 4.17. The Labute approximate surface area is 94.1 Å². The van der Waals surface area contributed by atoms with Crippen LogP contribution in [0.3, 0.4) is 0 Å². The summed E-state index contributed by atoms with van der Waals surface area (Å²) in [5, 5.41) is 0. The zero-order chi connectivity index (χ0) is 11.8. The average Bonchev–Trinajstić information content (AvgIpc) is 2.14. The van der Waals surface area contributed by atoms with Crippen molar-refractivity contribution in [2.45, 2.75) is 34.6 Å². The summed E-state index contributed by atoms with van der Waals surface area (Å²) in [6, 6.07) is 0. The molecule has 0 radical (unpaired) electrons. The van der Waals surface area contributed by atoms with E-state index in [1.807, 2.05) is 31.2 Å². The Balaban J connectivity index is 4.94. The Bertz CT molecular complexity index is 297. The molecule has 0 aromatic carbocycles. The minimum absolute atomic E-state index is 0.447. The quantitative estimate of drug-likeness (QED) is 0.691. The van der Waals surface area contributed by atoms with Gasteiger partial charge in [0.15, 0.2) is 0 Å². The molecule has 0 amide bonds. The van der Waals surface area contributed by atoms with E-state index < -0.39 is 0 Å². The van der Waals surface area contributed by atoms with E-state index in [1.165, 1.54) is 11.1 Å². The molecule has 0 aliphatic rings. The van der Waals surface area contributed by atoms with E-state index in [9.17, 15) is 0 Å². The van der Waals surface area contributed by atoms with E-state index in [2.05, 4.69) is 33.8 Å². The predicted molar refractivity (Wildman–Crippen MR) is 69.4 cm³/mol. The van der Waals surface area contributed by atoms with E-state index in [0.717, 1.165) is 5.70 Å². The second kappa shape index (κ2) is 7.10. The summed E-state index contributed by atoms with van der Waals surface area (Å²) < 4.78 is 0. The maximum absolute atomic E-state index is 6.02. The molecule has 1 heteroatoms. The van der Waals surface area contributed by atoms with Crippen LogP contribution in [0.2, 0.25) is 0 Å². The van der Waals surface area contributed by atoms with Crippen molar-refractivity contribution in [2.24, 2.45) is 11.7 Å². The first-order valence-corrected chi connectivity index (χ1v) is 5.43. The van der Waals surface area contributed by atoms with E-state index in [0.29, 0.717) is 5.92 Å². The van der Waals surface area contributed by atoms with E-state index >= 15 is 0 Å². The van der Waals surface area contributed by atoms with Crippen molar-refractivity contribution in [1.82, 2.24) is 0 Å². The minimum Gasteiger partial charge on any atom is -0.398 e. The van der Waals surface area contributed by atoms with Crippen LogP contribution in [0, 0.1) is 5.92 Å². The van der Waals surface area contributed by atoms with Gasteiger partial charge >= 0.3 is 0 Å². The monoisotopic (exact) mass is 205 g/mol. The van der Waals surface area contributed by atoms with Gasteiger partial charge < -0.3 is 5.73 Å². The van der Waals surface area contributed by atoms with Gasteiger partial charge in [-0.2, -0.15) is 0 Å². The normalized spacial score (nSPS) is 13.7. The fourth-order valence-corrected chi connectivity index (χ4v) is 1.17. The standard InChI is InChI=1S/C14H23N/c1-6-7-8-13(12(4)5)14(15)10-9-11(2)3/h6-10,12H,15H2,1-5H3/b7-6-,13-8+,14-10-. The van der Waals surface area contributed by atoms with Gasteiger partial charge in [0.2, 0.25) is 0 Å². The van der Waals surface area contributed by atoms with E-state index in [-0.39, 0.29) is 0 Å². The van der Waals surface area contributed by atoms with Crippen molar-refractivity contribution in [3.63, 3.8) is 0 Å². The lowest BCUT2D eigenvalue weighted by molar-refractivity contribution is 0.774. The molecule has 2 N–H and O–H groups in total. The molecule has 0 saturated heterocycles. The van der Waals surface area contributed by atoms with Crippen LogP contribution in [0.5, 0.6) is 0 Å². The third-order valence-corrected chi connectivity index (χ3v) is 2.02. The SMILES string of the molecule is C\C=C/C=C(/C(N)=C/C=C(C)C)C(C)C. The summed E-state index contributed by atoms with van der Waals surface area (Å²) in [5.41, 5.74) is 9.32. The van der Waals surface area contributed by atoms with Gasteiger partial charge in [-0.1, -0.05) is 43.7 Å². The first-order chi connectivity index (χ1) is 6.99. The maximum Gasteiger partial charge on any atom is 0.0349 e. The first kappa shape index (κ1) is 13.8. The summed E-state index contributed by atoms with van der Waals surface area (Å²) in [7, 11) is 0. The van der Waals surface area contributed by atoms with Crippen LogP contribution in [0.1, 0.15) is 34.6 Å². The molecular formula is C14H23N. The molecule has 15 heavy (non-hydrogen) atoms. The highest BCUT2D eigenvalue weighted by Gasteiger charge is 2.03. The van der Waals surface area contributed by atoms with Crippen LogP contribution in [-0.2, 0) is 0 Å². The zero-order valence-corrected chi connectivity index (χ0v) is 10.5. The van der Waals surface area contributed by atoms with E-state index in [4.69, 9.17) is 5.73 Å². The van der Waals surface area contributed by atoms with Gasteiger partial charge in [0.05, 0.1) is 0 Å². The largest absolute Gasteiger partial charge is 0.398 e. The smallest absolute Gasteiger partial charge is 0.0349 e. The summed E-state index contributed by atoms with van der Waals surface area (Å²) >= 11 is 0. The summed E-state index contributed by atoms with van der Waals surface area (Å²) in [6.07, 6.45) is 10.1. The van der Waals surface area contributed by atoms with Crippen molar-refractivity contribution < 1.29 is 0 Å². The molecule has 0 aromatic rings. The molecule has 0 fully saturated rings. The fraction of sp³-hybridized carbons (Fsp3) is 0.429. The van der Waals surface area contributed by atoms with E-state index in [1.54, 1.807) is 0 Å². The number of hydrogen-bond donors (Lipinski definition) is 1. The molecule has 0 aliphatic carbocycles. The molecule has 0 spiro atoms. The molecule has 0 rings (SSSR count). The fourth-order valence-electron chi connectivity index (χ4n) is 1.17. The number of rotatable bonds is 4. The molecule has 1 nitrogen and oxygen atoms in total. The van der Waals surface area contributed by atoms with Crippen molar-refractivity contribution >= 4 is 0 Å². The molecule has 0 aliphatic heterocycles. The van der Waals surface area contributed by atoms with Crippen LogP contribution in [0.25, 0.3) is 0 Å². The third-order valence-electron chi connectivity index (χ3n) is 2.02. The Kier molecular flexibility index (Phi) is 6.52. The summed E-state index contributed by atoms with van der Waals surface area (Å²) in [4.78, 5) is 0. The van der Waals surface area contributed by atoms with Gasteiger partial charge in [0, 0.05) is 5.70 Å². The molecule has 0 saturated carbocycles. The van der Waals surface area contributed by atoms with Gasteiger partial charge in [0.25, 0.3) is 0 Å². The first-order valence-electron chi connectivity index (χ1n) is 5.43. The van der Waals surface area contributed by atoms with Crippen molar-refractivity contribution in [3.05, 3.63) is 47.2 Å². The van der Waals surface area contributed by atoms with Crippen LogP contribution >= 0.6 is 0 Å². The summed E-state index contributed by atoms with van der Waals surface area (Å²) in [5.74, 6) is 0.447. The van der Waals surface area contributed by atoms with Crippen molar-refractivity contribution in [1.29, 1.82) is 0 Å². The van der Waals surface area contributed by atoms with Crippen LogP contribution in [-0.4, -0.2) is 0 Å². The molecule has 0 unspecified atom stereocenters. The zero-order valence-electron chi connectivity index (χ0n) is 10.5. The number of hydrogen-bond acceptors (Lipinski definition) is 1. The van der Waals surface area contributed by atoms with Gasteiger partial charge in [-0.3, -0.25) is 0 Å². The second-order valence-corrected chi connectivity index (χ2v) is 4.17. The van der Waals surface area contributed by atoms with Crippen LogP contribution < -0.4 is 5.73 Å². The topological polar surface area (TPSA) is 26.0 Å². The predicted octanol–water partition coefficient (Wildman–Crippen LogP) is 3.95. The lowest BCUT2D eigenvalue weighted by Gasteiger charge is -2.10. The summed E-state index contributed by atoms with van der Waals surface area (Å²) in [6.45, 7) is 10.4. The molecule has 0 bridgehead atoms. The maximum atomic E-state index is 6.02. The Hall–Kier alpha value is -1.24. The van der Waals surface area contributed by atoms with Crippen LogP contribution in [0.4, 0.5) is 0 Å². The number of nitrogens with two attached hydrogens (primary N) is 1. The minimum atomic E-state index is 0.447. The lowest BCUT2D eigenvalue weighted by Crippen LogP contribution is -2.06. The van der Waals surface area contributed by atoms with Gasteiger partial charge in [0.1, 0.15) is 0 Å². The Morgan fingerprint density at radius 1 is 1.07 bits per heavy atom. The Morgan fingerprint density at radius 2 is 1.67 bits per heavy atom. The highest BCUT2D eigenvalue weighted by Crippen LogP contribution is 2.16. The van der Waals surface area contributed by atoms with Gasteiger partial charge in [-0.05, 0) is 38.3 Å². The molecule has 0 aromatic heterocycles. The molecular weight excluding hydrogens is 182 g/mol. The van der Waals surface area contributed by atoms with Gasteiger partial charge in [-0.15, -0.1) is 0 Å². The molecule has 84 valence electrons. The van der Waals surface area contributed by atoms with Gasteiger partial charge in [-0.25, -0.2) is 0 Å². The Morgan fingerprint density at radius 3 is 2.07 bits per heavy atom. The molecule has 0 heterocycles. The van der Waals surface area contributed by atoms with Crippen LogP contribution in [0.15, 0.2) is 47.2 Å². The molecule has 0 atom stereocenters. The highest BCUT2D eigenvalue weighted by atomic mass is 14.6. The average molecular weight is 205 g/mol. The highest BCUT2D eigenvalue weighted by molar-refractivity contribution is 5.35.